The van der Waals surface area contributed by atoms with Crippen LogP contribution in [0.2, 0.25) is 0 Å². The molecule has 0 aromatic heterocycles. The summed E-state index contributed by atoms with van der Waals surface area (Å²) in [4.78, 5) is 0. The first-order valence-electron chi connectivity index (χ1n) is 8.25. The molecule has 2 N–H and O–H groups in total. The van der Waals surface area contributed by atoms with Crippen LogP contribution in [0.1, 0.15) is 36.5 Å². The smallest absolute Gasteiger partial charge is 0.122 e. The van der Waals surface area contributed by atoms with Crippen molar-refractivity contribution in [3.05, 3.63) is 59.2 Å². The van der Waals surface area contributed by atoms with Crippen LogP contribution >= 0.6 is 0 Å². The van der Waals surface area contributed by atoms with Crippen molar-refractivity contribution in [2.45, 2.75) is 33.1 Å². The summed E-state index contributed by atoms with van der Waals surface area (Å²) in [6, 6.07) is 14.3. The normalized spacial score (nSPS) is 10.8. The van der Waals surface area contributed by atoms with Crippen LogP contribution in [0.4, 0.5) is 0 Å². The van der Waals surface area contributed by atoms with E-state index in [1.165, 1.54) is 16.7 Å². The lowest BCUT2D eigenvalue weighted by Gasteiger charge is -2.13. The lowest BCUT2D eigenvalue weighted by Crippen LogP contribution is -2.09. The van der Waals surface area contributed by atoms with Crippen LogP contribution in [-0.2, 0) is 6.42 Å². The summed E-state index contributed by atoms with van der Waals surface area (Å²) in [5.41, 5.74) is 9.41. The average molecular weight is 313 g/mol. The average Bonchev–Trinajstić information content (AvgIpc) is 2.52. The first kappa shape index (κ1) is 17.4. The number of ether oxygens (including phenoxy) is 2. The maximum atomic E-state index is 5.78. The predicted octanol–water partition coefficient (Wildman–Crippen LogP) is 4.08. The van der Waals surface area contributed by atoms with E-state index < -0.39 is 0 Å². The summed E-state index contributed by atoms with van der Waals surface area (Å²) in [7, 11) is 0. The van der Waals surface area contributed by atoms with E-state index in [0.717, 1.165) is 17.9 Å². The summed E-state index contributed by atoms with van der Waals surface area (Å²) < 4.78 is 11.5. The highest BCUT2D eigenvalue weighted by Crippen LogP contribution is 2.23. The second kappa shape index (κ2) is 8.59. The molecule has 0 fully saturated rings. The largest absolute Gasteiger partial charge is 0.490 e. The molecular weight excluding hydrogens is 286 g/mol. The molecule has 124 valence electrons. The summed E-state index contributed by atoms with van der Waals surface area (Å²) in [5.74, 6) is 2.30. The molecule has 0 saturated heterocycles. The maximum absolute atomic E-state index is 5.78. The van der Waals surface area contributed by atoms with Gasteiger partial charge < -0.3 is 15.2 Å². The fraction of sp³-hybridized carbons (Fsp3) is 0.400. The van der Waals surface area contributed by atoms with Crippen LogP contribution in [0.25, 0.3) is 0 Å². The summed E-state index contributed by atoms with van der Waals surface area (Å²) >= 11 is 0. The van der Waals surface area contributed by atoms with E-state index in [1.807, 2.05) is 24.3 Å². The molecule has 2 aromatic carbocycles. The third kappa shape index (κ3) is 5.29. The van der Waals surface area contributed by atoms with Gasteiger partial charge in [0.25, 0.3) is 0 Å². The molecule has 0 amide bonds. The van der Waals surface area contributed by atoms with E-state index in [4.69, 9.17) is 15.2 Å². The van der Waals surface area contributed by atoms with Crippen molar-refractivity contribution in [3.8, 4) is 11.5 Å². The minimum atomic E-state index is 0.525. The lowest BCUT2D eigenvalue weighted by molar-refractivity contribution is 0.217. The number of benzene rings is 2. The maximum Gasteiger partial charge on any atom is 0.122 e. The van der Waals surface area contributed by atoms with E-state index in [0.29, 0.717) is 25.7 Å². The molecule has 0 saturated carbocycles. The zero-order valence-corrected chi connectivity index (χ0v) is 14.3. The van der Waals surface area contributed by atoms with Crippen molar-refractivity contribution in [2.75, 3.05) is 19.8 Å². The molecule has 0 aliphatic heterocycles. The fourth-order valence-corrected chi connectivity index (χ4v) is 2.66. The quantitative estimate of drug-likeness (QED) is 0.747. The first-order chi connectivity index (χ1) is 11.1. The van der Waals surface area contributed by atoms with Gasteiger partial charge in [-0.2, -0.15) is 0 Å². The van der Waals surface area contributed by atoms with Gasteiger partial charge in [0.1, 0.15) is 24.7 Å². The van der Waals surface area contributed by atoms with Gasteiger partial charge in [0, 0.05) is 0 Å². The van der Waals surface area contributed by atoms with Crippen LogP contribution in [0.15, 0.2) is 42.5 Å². The minimum Gasteiger partial charge on any atom is -0.490 e. The molecule has 0 aliphatic rings. The van der Waals surface area contributed by atoms with Gasteiger partial charge in [0.05, 0.1) is 0 Å². The second-order valence-electron chi connectivity index (χ2n) is 6.06. The van der Waals surface area contributed by atoms with Crippen molar-refractivity contribution in [3.63, 3.8) is 0 Å². The number of nitrogens with two attached hydrogens (primary N) is 1. The molecule has 23 heavy (non-hydrogen) atoms. The van der Waals surface area contributed by atoms with E-state index in [2.05, 4.69) is 39.0 Å². The highest BCUT2D eigenvalue weighted by atomic mass is 16.5. The van der Waals surface area contributed by atoms with Crippen LogP contribution in [0.3, 0.4) is 0 Å². The molecular formula is C20H27NO2. The minimum absolute atomic E-state index is 0.525. The molecule has 3 heteroatoms. The molecule has 0 heterocycles. The molecule has 3 nitrogen and oxygen atoms in total. The fourth-order valence-electron chi connectivity index (χ4n) is 2.66. The molecule has 2 rings (SSSR count). The van der Waals surface area contributed by atoms with Gasteiger partial charge in [-0.15, -0.1) is 0 Å². The monoisotopic (exact) mass is 313 g/mol. The van der Waals surface area contributed by atoms with E-state index >= 15 is 0 Å². The third-order valence-electron chi connectivity index (χ3n) is 3.82. The summed E-state index contributed by atoms with van der Waals surface area (Å²) in [6.07, 6.45) is 0.870. The predicted molar refractivity (Wildman–Crippen MR) is 95.5 cm³/mol. The van der Waals surface area contributed by atoms with Gasteiger partial charge in [-0.25, -0.2) is 0 Å². The van der Waals surface area contributed by atoms with Crippen LogP contribution < -0.4 is 15.2 Å². The molecule has 0 spiro atoms. The number of hydrogen-bond acceptors (Lipinski definition) is 3. The van der Waals surface area contributed by atoms with Crippen molar-refractivity contribution in [2.24, 2.45) is 5.73 Å². The lowest BCUT2D eigenvalue weighted by atomic mass is 9.98. The Bertz CT molecular complexity index is 623. The molecule has 0 radical (unpaired) electrons. The highest BCUT2D eigenvalue weighted by molar-refractivity contribution is 5.36. The highest BCUT2D eigenvalue weighted by Gasteiger charge is 2.05. The molecule has 2 aromatic rings. The van der Waals surface area contributed by atoms with Crippen LogP contribution in [0.5, 0.6) is 11.5 Å². The molecule has 0 bridgehead atoms. The Labute approximate surface area is 139 Å². The Hall–Kier alpha value is -2.00. The third-order valence-corrected chi connectivity index (χ3v) is 3.82. The van der Waals surface area contributed by atoms with Gasteiger partial charge in [-0.3, -0.25) is 0 Å². The van der Waals surface area contributed by atoms with Gasteiger partial charge in [-0.05, 0) is 66.8 Å². The SMILES string of the molecule is Cc1cc(OCCOc2cccc(CCN)c2)ccc1C(C)C. The van der Waals surface area contributed by atoms with Gasteiger partial charge in [0.15, 0.2) is 0 Å². The van der Waals surface area contributed by atoms with Crippen molar-refractivity contribution >= 4 is 0 Å². The Morgan fingerprint density at radius 1 is 0.957 bits per heavy atom. The zero-order valence-electron chi connectivity index (χ0n) is 14.3. The van der Waals surface area contributed by atoms with E-state index in [1.54, 1.807) is 0 Å². The standard InChI is InChI=1S/C20H27NO2/c1-15(2)20-8-7-19(13-16(20)3)23-12-11-22-18-6-4-5-17(14-18)9-10-21/h4-8,13-15H,9-12,21H2,1-3H3. The van der Waals surface area contributed by atoms with Crippen molar-refractivity contribution in [1.29, 1.82) is 0 Å². The van der Waals surface area contributed by atoms with Crippen molar-refractivity contribution < 1.29 is 9.47 Å². The van der Waals surface area contributed by atoms with Gasteiger partial charge in [0.2, 0.25) is 0 Å². The van der Waals surface area contributed by atoms with Gasteiger partial charge in [-0.1, -0.05) is 32.0 Å². The zero-order chi connectivity index (χ0) is 16.7. The summed E-state index contributed by atoms with van der Waals surface area (Å²) in [6.45, 7) is 8.24. The van der Waals surface area contributed by atoms with Crippen LogP contribution in [0, 0.1) is 6.92 Å². The number of aryl methyl sites for hydroxylation is 1. The van der Waals surface area contributed by atoms with Gasteiger partial charge >= 0.3 is 0 Å². The Morgan fingerprint density at radius 2 is 1.65 bits per heavy atom. The Morgan fingerprint density at radius 3 is 2.26 bits per heavy atom. The Balaban J connectivity index is 1.81. The van der Waals surface area contributed by atoms with Crippen LogP contribution in [-0.4, -0.2) is 19.8 Å². The summed E-state index contributed by atoms with van der Waals surface area (Å²) in [5, 5.41) is 0. The van der Waals surface area contributed by atoms with Crippen molar-refractivity contribution in [1.82, 2.24) is 0 Å². The van der Waals surface area contributed by atoms with E-state index in [9.17, 15) is 0 Å². The molecule has 0 aliphatic carbocycles. The number of hydrogen-bond donors (Lipinski definition) is 1. The number of rotatable bonds is 8. The van der Waals surface area contributed by atoms with E-state index in [-0.39, 0.29) is 0 Å². The second-order valence-corrected chi connectivity index (χ2v) is 6.06. The Kier molecular flexibility index (Phi) is 6.48. The molecule has 0 atom stereocenters. The molecule has 0 unspecified atom stereocenters. The first-order valence-corrected chi connectivity index (χ1v) is 8.25. The topological polar surface area (TPSA) is 44.5 Å².